The van der Waals surface area contributed by atoms with Crippen LogP contribution in [0.5, 0.6) is 5.75 Å². The van der Waals surface area contributed by atoms with Crippen LogP contribution in [0.25, 0.3) is 5.76 Å². The maximum Gasteiger partial charge on any atom is 0.295 e. The molecule has 0 aromatic heterocycles. The van der Waals surface area contributed by atoms with Gasteiger partial charge in [-0.3, -0.25) is 9.59 Å². The number of Topliss-reactive ketones (excluding diaryl/α,β-unsaturated/α-hetero) is 1. The summed E-state index contributed by atoms with van der Waals surface area (Å²) in [5, 5.41) is 14.3. The Labute approximate surface area is 208 Å². The second-order valence-electron chi connectivity index (χ2n) is 8.34. The third kappa shape index (κ3) is 5.08. The van der Waals surface area contributed by atoms with Crippen LogP contribution in [0.4, 0.5) is 0 Å². The van der Waals surface area contributed by atoms with E-state index in [0.717, 1.165) is 32.8 Å². The number of amides is 1. The first-order valence-electron chi connectivity index (χ1n) is 11.2. The van der Waals surface area contributed by atoms with Crippen molar-refractivity contribution in [3.63, 3.8) is 0 Å². The maximum atomic E-state index is 13.5. The summed E-state index contributed by atoms with van der Waals surface area (Å²) >= 11 is 12.3. The Balaban J connectivity index is 1.68. The first kappa shape index (κ1) is 24.5. The second kappa shape index (κ2) is 10.8. The van der Waals surface area contributed by atoms with Crippen LogP contribution in [-0.4, -0.2) is 63.1 Å². The van der Waals surface area contributed by atoms with Crippen LogP contribution in [0.15, 0.2) is 48.0 Å². The number of nitrogens with zero attached hydrogens (tertiary/aromatic N) is 1. The Morgan fingerprint density at radius 3 is 2.50 bits per heavy atom. The van der Waals surface area contributed by atoms with Crippen molar-refractivity contribution >= 4 is 40.7 Å². The standard InChI is InChI=1S/C25H26Cl2N2O5/c1-33-20-8-5-17(15-19(20)27)23(30)21-22(16-3-6-18(26)7-4-16)29(25(32)24(21)31)10-2-9-28-11-13-34-14-12-28/h3-8,15,22,30H,2,9-14H2,1H3/b23-21+. The Hall–Kier alpha value is -2.58. The molecule has 0 radical (unpaired) electrons. The molecule has 7 nitrogen and oxygen atoms in total. The molecule has 0 saturated carbocycles. The second-order valence-corrected chi connectivity index (χ2v) is 9.18. The molecule has 2 heterocycles. The van der Waals surface area contributed by atoms with Gasteiger partial charge in [-0.15, -0.1) is 0 Å². The van der Waals surface area contributed by atoms with Crippen molar-refractivity contribution in [2.45, 2.75) is 12.5 Å². The summed E-state index contributed by atoms with van der Waals surface area (Å²) in [6.07, 6.45) is 0.703. The molecular weight excluding hydrogens is 479 g/mol. The lowest BCUT2D eigenvalue weighted by atomic mass is 9.95. The van der Waals surface area contributed by atoms with E-state index in [9.17, 15) is 14.7 Å². The fraction of sp³-hybridized carbons (Fsp3) is 0.360. The summed E-state index contributed by atoms with van der Waals surface area (Å²) in [7, 11) is 1.48. The van der Waals surface area contributed by atoms with Crippen LogP contribution < -0.4 is 14.7 Å². The zero-order valence-corrected chi connectivity index (χ0v) is 20.3. The van der Waals surface area contributed by atoms with E-state index in [-0.39, 0.29) is 16.2 Å². The fourth-order valence-electron chi connectivity index (χ4n) is 4.47. The summed E-state index contributed by atoms with van der Waals surface area (Å²) in [4.78, 5) is 29.1. The third-order valence-corrected chi connectivity index (χ3v) is 6.81. The number of ether oxygens (including phenoxy) is 2. The fourth-order valence-corrected chi connectivity index (χ4v) is 4.85. The molecule has 2 aromatic rings. The van der Waals surface area contributed by atoms with E-state index < -0.39 is 23.5 Å². The molecule has 2 saturated heterocycles. The van der Waals surface area contributed by atoms with Crippen molar-refractivity contribution < 1.29 is 29.1 Å². The quantitative estimate of drug-likeness (QED) is 0.351. The molecule has 0 spiro atoms. The number of ketones is 1. The molecule has 180 valence electrons. The number of likely N-dealkylation sites (tertiary alicyclic amines) is 1. The SMILES string of the molecule is COc1ccc(/C([O-])=C2\C(=O)C(=O)N(CCC[NH+]3CCOCC3)C2c2ccc(Cl)cc2)cc1Cl. The van der Waals surface area contributed by atoms with Crippen LogP contribution in [-0.2, 0) is 14.3 Å². The number of nitrogens with one attached hydrogen (secondary N) is 1. The molecule has 2 aromatic carbocycles. The lowest BCUT2D eigenvalue weighted by Crippen LogP contribution is -3.14. The summed E-state index contributed by atoms with van der Waals surface area (Å²) in [6.45, 7) is 4.50. The van der Waals surface area contributed by atoms with Gasteiger partial charge < -0.3 is 24.4 Å². The lowest BCUT2D eigenvalue weighted by Gasteiger charge is -2.29. The highest BCUT2D eigenvalue weighted by atomic mass is 35.5. The molecule has 0 bridgehead atoms. The van der Waals surface area contributed by atoms with Crippen LogP contribution >= 0.6 is 23.2 Å². The van der Waals surface area contributed by atoms with E-state index in [1.165, 1.54) is 23.0 Å². The van der Waals surface area contributed by atoms with Gasteiger partial charge in [0.25, 0.3) is 5.91 Å². The number of carbonyl (C=O) groups is 2. The zero-order valence-electron chi connectivity index (χ0n) is 18.8. The molecule has 0 aliphatic carbocycles. The average Bonchev–Trinajstić information content (AvgIpc) is 3.09. The summed E-state index contributed by atoms with van der Waals surface area (Å²) in [5.41, 5.74) is 0.804. The minimum Gasteiger partial charge on any atom is -0.872 e. The van der Waals surface area contributed by atoms with Crippen LogP contribution in [0.3, 0.4) is 0 Å². The molecule has 9 heteroatoms. The predicted octanol–water partition coefficient (Wildman–Crippen LogP) is 1.53. The van der Waals surface area contributed by atoms with Gasteiger partial charge in [0, 0.05) is 23.6 Å². The van der Waals surface area contributed by atoms with Crippen LogP contribution in [0, 0.1) is 0 Å². The van der Waals surface area contributed by atoms with Crippen molar-refractivity contribution in [2.75, 3.05) is 46.5 Å². The molecule has 1 N–H and O–H groups in total. The van der Waals surface area contributed by atoms with Crippen molar-refractivity contribution in [1.82, 2.24) is 4.90 Å². The molecule has 1 amide bonds. The van der Waals surface area contributed by atoms with Gasteiger partial charge >= 0.3 is 0 Å². The third-order valence-electron chi connectivity index (χ3n) is 6.26. The molecule has 2 aliphatic heterocycles. The number of methoxy groups -OCH3 is 1. The van der Waals surface area contributed by atoms with E-state index in [2.05, 4.69) is 0 Å². The van der Waals surface area contributed by atoms with Crippen molar-refractivity contribution in [3.8, 4) is 5.75 Å². The van der Waals surface area contributed by atoms with Gasteiger partial charge in [-0.2, -0.15) is 0 Å². The number of hydrogen-bond donors (Lipinski definition) is 1. The Morgan fingerprint density at radius 1 is 1.15 bits per heavy atom. The van der Waals surface area contributed by atoms with Crippen LogP contribution in [0.2, 0.25) is 10.0 Å². The molecule has 34 heavy (non-hydrogen) atoms. The van der Waals surface area contributed by atoms with Gasteiger partial charge in [0.15, 0.2) is 0 Å². The molecule has 1 atom stereocenters. The van der Waals surface area contributed by atoms with E-state index in [0.29, 0.717) is 29.3 Å². The molecule has 4 rings (SSSR count). The van der Waals surface area contributed by atoms with Gasteiger partial charge in [-0.1, -0.05) is 47.2 Å². The monoisotopic (exact) mass is 504 g/mol. The van der Waals surface area contributed by atoms with Crippen molar-refractivity contribution in [2.24, 2.45) is 0 Å². The highest BCUT2D eigenvalue weighted by molar-refractivity contribution is 6.46. The van der Waals surface area contributed by atoms with Gasteiger partial charge in [0.2, 0.25) is 5.78 Å². The number of morpholine rings is 1. The number of halogens is 2. The van der Waals surface area contributed by atoms with Crippen LogP contribution in [0.1, 0.15) is 23.6 Å². The first-order valence-corrected chi connectivity index (χ1v) is 11.9. The molecule has 2 aliphatic rings. The summed E-state index contributed by atoms with van der Waals surface area (Å²) in [5.74, 6) is -1.56. The van der Waals surface area contributed by atoms with E-state index in [1.54, 1.807) is 36.4 Å². The van der Waals surface area contributed by atoms with Gasteiger partial charge in [0.05, 0.1) is 37.9 Å². The number of quaternary nitrogens is 1. The first-order chi connectivity index (χ1) is 16.4. The summed E-state index contributed by atoms with van der Waals surface area (Å²) < 4.78 is 10.6. The average molecular weight is 505 g/mol. The molecule has 1 unspecified atom stereocenters. The lowest BCUT2D eigenvalue weighted by molar-refractivity contribution is -0.908. The number of rotatable bonds is 7. The highest BCUT2D eigenvalue weighted by Crippen LogP contribution is 2.39. The van der Waals surface area contributed by atoms with Gasteiger partial charge in [-0.25, -0.2) is 0 Å². The van der Waals surface area contributed by atoms with Gasteiger partial charge in [0.1, 0.15) is 18.8 Å². The van der Waals surface area contributed by atoms with Crippen molar-refractivity contribution in [3.05, 3.63) is 69.2 Å². The minimum absolute atomic E-state index is 0.0766. The maximum absolute atomic E-state index is 13.5. The topological polar surface area (TPSA) is 83.3 Å². The number of hydrogen-bond acceptors (Lipinski definition) is 5. The largest absolute Gasteiger partial charge is 0.872 e. The number of benzene rings is 2. The molecular formula is C25H26Cl2N2O5. The van der Waals surface area contributed by atoms with E-state index in [1.807, 2.05) is 0 Å². The number of carbonyl (C=O) groups excluding carboxylic acids is 2. The Morgan fingerprint density at radius 2 is 1.85 bits per heavy atom. The Bertz CT molecular complexity index is 1100. The molecule has 2 fully saturated rings. The van der Waals surface area contributed by atoms with E-state index in [4.69, 9.17) is 32.7 Å². The highest BCUT2D eigenvalue weighted by Gasteiger charge is 2.44. The Kier molecular flexibility index (Phi) is 7.78. The minimum atomic E-state index is -0.787. The smallest absolute Gasteiger partial charge is 0.295 e. The van der Waals surface area contributed by atoms with E-state index >= 15 is 0 Å². The normalized spacial score (nSPS) is 20.7. The van der Waals surface area contributed by atoms with Gasteiger partial charge in [-0.05, 0) is 35.4 Å². The zero-order chi connectivity index (χ0) is 24.2. The summed E-state index contributed by atoms with van der Waals surface area (Å²) in [6, 6.07) is 10.6. The van der Waals surface area contributed by atoms with Crippen molar-refractivity contribution in [1.29, 1.82) is 0 Å². The predicted molar refractivity (Wildman–Crippen MR) is 127 cm³/mol.